The van der Waals surface area contributed by atoms with E-state index >= 15 is 0 Å². The Morgan fingerprint density at radius 3 is 2.79 bits per heavy atom. The molecule has 0 spiro atoms. The Morgan fingerprint density at radius 2 is 2.21 bits per heavy atom. The summed E-state index contributed by atoms with van der Waals surface area (Å²) in [5, 5.41) is 2.79. The highest BCUT2D eigenvalue weighted by Gasteiger charge is 2.02. The van der Waals surface area contributed by atoms with Gasteiger partial charge in [-0.25, -0.2) is 0 Å². The monoisotopic (exact) mass is 207 g/mol. The van der Waals surface area contributed by atoms with Crippen LogP contribution in [-0.4, -0.2) is 10.8 Å². The molecule has 1 rings (SSSR count). The van der Waals surface area contributed by atoms with Crippen LogP contribution in [0.25, 0.3) is 0 Å². The van der Waals surface area contributed by atoms with E-state index in [0.29, 0.717) is 11.3 Å². The molecule has 1 aromatic carbocycles. The van der Waals surface area contributed by atoms with Gasteiger partial charge < -0.3 is 5.32 Å². The number of nitrogens with one attached hydrogen (secondary N) is 1. The Bertz CT molecular complexity index is 360. The van der Waals surface area contributed by atoms with E-state index in [-0.39, 0.29) is 5.91 Å². The summed E-state index contributed by atoms with van der Waals surface area (Å²) in [6, 6.07) is 7.69. The first kappa shape index (κ1) is 10.9. The van der Waals surface area contributed by atoms with Crippen LogP contribution < -0.4 is 5.32 Å². The molecular weight excluding hydrogens is 194 g/mol. The molecule has 0 saturated carbocycles. The number of carbonyl (C=O) groups excluding carboxylic acids is 1. The third-order valence-corrected chi connectivity index (χ3v) is 1.86. The van der Waals surface area contributed by atoms with E-state index in [0.717, 1.165) is 11.3 Å². The van der Waals surface area contributed by atoms with Gasteiger partial charge in [-0.15, -0.1) is 0 Å². The first-order valence-corrected chi connectivity index (χ1v) is 4.84. The van der Waals surface area contributed by atoms with Crippen molar-refractivity contribution in [1.29, 1.82) is 0 Å². The van der Waals surface area contributed by atoms with Gasteiger partial charge in [0.1, 0.15) is 0 Å². The molecule has 0 aliphatic rings. The number of hydrogen-bond donors (Lipinski definition) is 1. The van der Waals surface area contributed by atoms with Gasteiger partial charge in [0.05, 0.1) is 6.42 Å². The number of hydrogen-bond acceptors (Lipinski definition) is 2. The van der Waals surface area contributed by atoms with Crippen molar-refractivity contribution in [2.45, 2.75) is 20.3 Å². The van der Waals surface area contributed by atoms with Crippen LogP contribution >= 0.6 is 12.2 Å². The molecule has 0 atom stereocenters. The highest BCUT2D eigenvalue weighted by Crippen LogP contribution is 2.09. The maximum absolute atomic E-state index is 11.3. The largest absolute Gasteiger partial charge is 0.326 e. The molecule has 74 valence electrons. The molecule has 0 bridgehead atoms. The van der Waals surface area contributed by atoms with Crippen LogP contribution in [0, 0.1) is 6.92 Å². The molecule has 0 saturated heterocycles. The van der Waals surface area contributed by atoms with Gasteiger partial charge in [0.25, 0.3) is 0 Å². The van der Waals surface area contributed by atoms with E-state index in [9.17, 15) is 4.79 Å². The van der Waals surface area contributed by atoms with Crippen LogP contribution in [0.1, 0.15) is 18.9 Å². The molecule has 0 fully saturated rings. The van der Waals surface area contributed by atoms with Crippen molar-refractivity contribution in [3.8, 4) is 0 Å². The first-order chi connectivity index (χ1) is 6.58. The molecule has 2 nitrogen and oxygen atoms in total. The second-order valence-corrected chi connectivity index (χ2v) is 3.99. The SMILES string of the molecule is CC(=S)CC(=O)Nc1cccc(C)c1. The normalized spacial score (nSPS) is 9.57. The summed E-state index contributed by atoms with van der Waals surface area (Å²) >= 11 is 4.85. The highest BCUT2D eigenvalue weighted by molar-refractivity contribution is 7.80. The predicted molar refractivity (Wildman–Crippen MR) is 62.7 cm³/mol. The van der Waals surface area contributed by atoms with Crippen LogP contribution in [0.5, 0.6) is 0 Å². The Morgan fingerprint density at radius 1 is 1.50 bits per heavy atom. The molecule has 1 N–H and O–H groups in total. The van der Waals surface area contributed by atoms with Gasteiger partial charge in [-0.05, 0) is 36.4 Å². The summed E-state index contributed by atoms with van der Waals surface area (Å²) in [6.07, 6.45) is 0.309. The third kappa shape index (κ3) is 3.66. The van der Waals surface area contributed by atoms with E-state index in [4.69, 9.17) is 12.2 Å². The summed E-state index contributed by atoms with van der Waals surface area (Å²) < 4.78 is 0. The quantitative estimate of drug-likeness (QED) is 0.772. The molecule has 0 aliphatic carbocycles. The van der Waals surface area contributed by atoms with Crippen LogP contribution in [0.4, 0.5) is 5.69 Å². The number of thiocarbonyl (C=S) groups is 1. The molecule has 0 heterocycles. The smallest absolute Gasteiger partial charge is 0.229 e. The molecule has 0 unspecified atom stereocenters. The van der Waals surface area contributed by atoms with Gasteiger partial charge in [0, 0.05) is 5.69 Å². The number of anilines is 1. The van der Waals surface area contributed by atoms with E-state index in [1.165, 1.54) is 0 Å². The lowest BCUT2D eigenvalue weighted by Crippen LogP contribution is -2.13. The Hall–Kier alpha value is -1.22. The number of benzene rings is 1. The maximum atomic E-state index is 11.3. The van der Waals surface area contributed by atoms with Crippen molar-refractivity contribution in [2.24, 2.45) is 0 Å². The summed E-state index contributed by atoms with van der Waals surface area (Å²) in [6.45, 7) is 3.76. The average molecular weight is 207 g/mol. The molecule has 14 heavy (non-hydrogen) atoms. The van der Waals surface area contributed by atoms with Crippen LogP contribution in [0.2, 0.25) is 0 Å². The zero-order valence-electron chi connectivity index (χ0n) is 8.33. The highest BCUT2D eigenvalue weighted by atomic mass is 32.1. The standard InChI is InChI=1S/C11H13NOS/c1-8-4-3-5-10(6-8)12-11(13)7-9(2)14/h3-6H,7H2,1-2H3,(H,12,13). The number of carbonyl (C=O) groups is 1. The third-order valence-electron chi connectivity index (χ3n) is 1.71. The minimum atomic E-state index is -0.0527. The van der Waals surface area contributed by atoms with Crippen molar-refractivity contribution in [3.63, 3.8) is 0 Å². The van der Waals surface area contributed by atoms with Crippen LogP contribution in [0.15, 0.2) is 24.3 Å². The second kappa shape index (κ2) is 4.86. The molecule has 0 radical (unpaired) electrons. The summed E-state index contributed by atoms with van der Waals surface area (Å²) in [7, 11) is 0. The molecule has 0 aromatic heterocycles. The topological polar surface area (TPSA) is 29.1 Å². The zero-order chi connectivity index (χ0) is 10.6. The molecule has 0 aliphatic heterocycles. The van der Waals surface area contributed by atoms with Gasteiger partial charge in [-0.3, -0.25) is 4.79 Å². The Kier molecular flexibility index (Phi) is 3.77. The van der Waals surface area contributed by atoms with Gasteiger partial charge in [0.2, 0.25) is 5.91 Å². The van der Waals surface area contributed by atoms with Crippen molar-refractivity contribution < 1.29 is 4.79 Å². The summed E-state index contributed by atoms with van der Waals surface area (Å²) in [5.41, 5.74) is 1.95. The first-order valence-electron chi connectivity index (χ1n) is 4.44. The zero-order valence-corrected chi connectivity index (χ0v) is 9.15. The number of aryl methyl sites for hydroxylation is 1. The van der Waals surface area contributed by atoms with Gasteiger partial charge >= 0.3 is 0 Å². The van der Waals surface area contributed by atoms with Crippen molar-refractivity contribution in [2.75, 3.05) is 5.32 Å². The van der Waals surface area contributed by atoms with Gasteiger partial charge in [-0.2, -0.15) is 0 Å². The van der Waals surface area contributed by atoms with Gasteiger partial charge in [-0.1, -0.05) is 24.4 Å². The molecular formula is C11H13NOS. The lowest BCUT2D eigenvalue weighted by atomic mass is 10.2. The van der Waals surface area contributed by atoms with Crippen molar-refractivity contribution in [3.05, 3.63) is 29.8 Å². The van der Waals surface area contributed by atoms with Crippen LogP contribution in [0.3, 0.4) is 0 Å². The van der Waals surface area contributed by atoms with Crippen LogP contribution in [-0.2, 0) is 4.79 Å². The van der Waals surface area contributed by atoms with Crippen molar-refractivity contribution in [1.82, 2.24) is 0 Å². The van der Waals surface area contributed by atoms with E-state index < -0.39 is 0 Å². The summed E-state index contributed by atoms with van der Waals surface area (Å²) in [4.78, 5) is 12.0. The number of rotatable bonds is 3. The van der Waals surface area contributed by atoms with Gasteiger partial charge in [0.15, 0.2) is 0 Å². The fourth-order valence-corrected chi connectivity index (χ4v) is 1.29. The Labute approximate surface area is 89.3 Å². The Balaban J connectivity index is 2.60. The number of amides is 1. The minimum Gasteiger partial charge on any atom is -0.326 e. The molecule has 3 heteroatoms. The minimum absolute atomic E-state index is 0.0527. The molecule has 1 aromatic rings. The molecule has 1 amide bonds. The average Bonchev–Trinajstić information content (AvgIpc) is 2.01. The van der Waals surface area contributed by atoms with E-state index in [1.807, 2.05) is 31.2 Å². The summed E-state index contributed by atoms with van der Waals surface area (Å²) in [5.74, 6) is -0.0527. The van der Waals surface area contributed by atoms with E-state index in [2.05, 4.69) is 5.32 Å². The lowest BCUT2D eigenvalue weighted by molar-refractivity contribution is -0.115. The lowest BCUT2D eigenvalue weighted by Gasteiger charge is -2.04. The van der Waals surface area contributed by atoms with E-state index in [1.54, 1.807) is 6.92 Å². The fraction of sp³-hybridized carbons (Fsp3) is 0.273. The second-order valence-electron chi connectivity index (χ2n) is 3.30. The fourth-order valence-electron chi connectivity index (χ4n) is 1.15. The van der Waals surface area contributed by atoms with Crippen molar-refractivity contribution >= 4 is 28.7 Å². The predicted octanol–water partition coefficient (Wildman–Crippen LogP) is 2.71. The maximum Gasteiger partial charge on any atom is 0.229 e.